The molecule has 30 heavy (non-hydrogen) atoms. The lowest BCUT2D eigenvalue weighted by Gasteiger charge is -2.13. The Morgan fingerprint density at radius 3 is 2.77 bits per heavy atom. The molecule has 154 valence electrons. The van der Waals surface area contributed by atoms with Crippen molar-refractivity contribution in [1.29, 1.82) is 0 Å². The zero-order valence-electron chi connectivity index (χ0n) is 17.0. The molecule has 1 aliphatic rings. The SMILES string of the molecule is CCCn1c(SCc2csc(-c3ccccc3)n2)nnc1-c1csc2c1CCCC2. The van der Waals surface area contributed by atoms with E-state index < -0.39 is 0 Å². The monoisotopic (exact) mass is 452 g/mol. The third-order valence-corrected chi connectivity index (χ3v) is 8.42. The molecule has 0 N–H and O–H groups in total. The number of aryl methyl sites for hydroxylation is 1. The van der Waals surface area contributed by atoms with Crippen LogP contribution < -0.4 is 0 Å². The molecule has 0 saturated heterocycles. The molecule has 5 rings (SSSR count). The Balaban J connectivity index is 1.37. The van der Waals surface area contributed by atoms with Crippen molar-refractivity contribution < 1.29 is 0 Å². The molecule has 0 unspecified atom stereocenters. The molecule has 0 aliphatic heterocycles. The minimum Gasteiger partial charge on any atom is -0.302 e. The maximum atomic E-state index is 4.83. The fourth-order valence-corrected chi connectivity index (χ4v) is 6.84. The van der Waals surface area contributed by atoms with Crippen molar-refractivity contribution in [2.24, 2.45) is 0 Å². The van der Waals surface area contributed by atoms with Crippen molar-refractivity contribution in [2.75, 3.05) is 0 Å². The van der Waals surface area contributed by atoms with Crippen LogP contribution >= 0.6 is 34.4 Å². The van der Waals surface area contributed by atoms with E-state index in [-0.39, 0.29) is 0 Å². The van der Waals surface area contributed by atoms with Crippen LogP contribution in [0.25, 0.3) is 22.0 Å². The summed E-state index contributed by atoms with van der Waals surface area (Å²) in [5.41, 5.74) is 5.10. The summed E-state index contributed by atoms with van der Waals surface area (Å²) in [5.74, 6) is 1.86. The number of aromatic nitrogens is 4. The summed E-state index contributed by atoms with van der Waals surface area (Å²) >= 11 is 5.34. The first-order valence-corrected chi connectivity index (χ1v) is 13.2. The minimum atomic E-state index is 0.812. The van der Waals surface area contributed by atoms with Crippen LogP contribution in [0.1, 0.15) is 42.3 Å². The van der Waals surface area contributed by atoms with E-state index in [0.29, 0.717) is 0 Å². The summed E-state index contributed by atoms with van der Waals surface area (Å²) in [5, 5.41) is 15.7. The Kier molecular flexibility index (Phi) is 6.02. The number of fused-ring (bicyclic) bond motifs is 1. The second-order valence-corrected chi connectivity index (χ2v) is 10.3. The van der Waals surface area contributed by atoms with Crippen molar-refractivity contribution in [1.82, 2.24) is 19.7 Å². The molecular weight excluding hydrogens is 428 g/mol. The van der Waals surface area contributed by atoms with Gasteiger partial charge >= 0.3 is 0 Å². The van der Waals surface area contributed by atoms with E-state index in [1.165, 1.54) is 42.4 Å². The molecule has 0 spiro atoms. The molecule has 0 bridgehead atoms. The van der Waals surface area contributed by atoms with Crippen molar-refractivity contribution in [3.05, 3.63) is 57.2 Å². The summed E-state index contributed by atoms with van der Waals surface area (Å²) in [6.07, 6.45) is 6.07. The largest absolute Gasteiger partial charge is 0.302 e. The van der Waals surface area contributed by atoms with E-state index in [1.54, 1.807) is 28.0 Å². The fraction of sp³-hybridized carbons (Fsp3) is 0.348. The number of hydrogen-bond donors (Lipinski definition) is 0. The lowest BCUT2D eigenvalue weighted by atomic mass is 9.95. The minimum absolute atomic E-state index is 0.812. The zero-order valence-corrected chi connectivity index (χ0v) is 19.5. The lowest BCUT2D eigenvalue weighted by Crippen LogP contribution is -2.05. The number of rotatable bonds is 7. The highest BCUT2D eigenvalue weighted by Crippen LogP contribution is 2.37. The number of nitrogens with zero attached hydrogens (tertiary/aromatic N) is 4. The first-order valence-electron chi connectivity index (χ1n) is 10.5. The van der Waals surface area contributed by atoms with Crippen LogP contribution in [-0.2, 0) is 25.1 Å². The van der Waals surface area contributed by atoms with E-state index in [9.17, 15) is 0 Å². The van der Waals surface area contributed by atoms with E-state index >= 15 is 0 Å². The molecule has 4 aromatic rings. The van der Waals surface area contributed by atoms with Crippen molar-refractivity contribution in [3.63, 3.8) is 0 Å². The number of thiophene rings is 1. The Labute approximate surface area is 189 Å². The summed E-state index contributed by atoms with van der Waals surface area (Å²) in [6.45, 7) is 3.16. The topological polar surface area (TPSA) is 43.6 Å². The van der Waals surface area contributed by atoms with E-state index in [1.807, 2.05) is 17.4 Å². The average molecular weight is 453 g/mol. The highest BCUT2D eigenvalue weighted by atomic mass is 32.2. The van der Waals surface area contributed by atoms with Gasteiger partial charge in [0.2, 0.25) is 0 Å². The van der Waals surface area contributed by atoms with Gasteiger partial charge in [-0.3, -0.25) is 0 Å². The second-order valence-electron chi connectivity index (χ2n) is 7.51. The smallest absolute Gasteiger partial charge is 0.191 e. The van der Waals surface area contributed by atoms with Gasteiger partial charge in [0, 0.05) is 39.1 Å². The molecular formula is C23H24N4S3. The molecule has 0 atom stereocenters. The van der Waals surface area contributed by atoms with Crippen molar-refractivity contribution in [3.8, 4) is 22.0 Å². The Morgan fingerprint density at radius 2 is 1.90 bits per heavy atom. The van der Waals surface area contributed by atoms with Crippen LogP contribution in [0, 0.1) is 0 Å². The summed E-state index contributed by atoms with van der Waals surface area (Å²) in [4.78, 5) is 6.38. The number of thiazole rings is 1. The van der Waals surface area contributed by atoms with Gasteiger partial charge in [-0.1, -0.05) is 49.0 Å². The number of thioether (sulfide) groups is 1. The van der Waals surface area contributed by atoms with Gasteiger partial charge in [-0.15, -0.1) is 32.9 Å². The number of hydrogen-bond acceptors (Lipinski definition) is 6. The molecule has 3 aromatic heterocycles. The Morgan fingerprint density at radius 1 is 1.03 bits per heavy atom. The molecule has 3 heterocycles. The third kappa shape index (κ3) is 3.98. The zero-order chi connectivity index (χ0) is 20.3. The van der Waals surface area contributed by atoms with Crippen LogP contribution in [0.4, 0.5) is 0 Å². The maximum Gasteiger partial charge on any atom is 0.191 e. The highest BCUT2D eigenvalue weighted by molar-refractivity contribution is 7.98. The van der Waals surface area contributed by atoms with Gasteiger partial charge in [-0.25, -0.2) is 4.98 Å². The van der Waals surface area contributed by atoms with Crippen LogP contribution in [-0.4, -0.2) is 19.7 Å². The number of benzene rings is 1. The van der Waals surface area contributed by atoms with Gasteiger partial charge in [0.05, 0.1) is 5.69 Å². The van der Waals surface area contributed by atoms with Crippen molar-refractivity contribution >= 4 is 34.4 Å². The van der Waals surface area contributed by atoms with Gasteiger partial charge in [0.1, 0.15) is 5.01 Å². The molecule has 0 amide bonds. The maximum absolute atomic E-state index is 4.83. The summed E-state index contributed by atoms with van der Waals surface area (Å²) in [6, 6.07) is 10.4. The van der Waals surface area contributed by atoms with Gasteiger partial charge < -0.3 is 4.57 Å². The second kappa shape index (κ2) is 9.04. The molecule has 0 saturated carbocycles. The van der Waals surface area contributed by atoms with Crippen LogP contribution in [0.2, 0.25) is 0 Å². The Bertz CT molecular complexity index is 1130. The van der Waals surface area contributed by atoms with E-state index in [4.69, 9.17) is 4.98 Å². The first kappa shape index (κ1) is 20.0. The Hall–Kier alpha value is -1.96. The predicted molar refractivity (Wildman–Crippen MR) is 127 cm³/mol. The van der Waals surface area contributed by atoms with Crippen LogP contribution in [0.3, 0.4) is 0 Å². The molecule has 0 fully saturated rings. The summed E-state index contributed by atoms with van der Waals surface area (Å²) in [7, 11) is 0. The standard InChI is InChI=1S/C23H24N4S3/c1-2-12-27-21(19-15-28-20-11-7-6-10-18(19)20)25-26-23(27)30-14-17-13-29-22(24-17)16-8-4-3-5-9-16/h3-5,8-9,13,15H,2,6-7,10-12,14H2,1H3. The third-order valence-electron chi connectivity index (χ3n) is 5.39. The molecule has 1 aliphatic carbocycles. The highest BCUT2D eigenvalue weighted by Gasteiger charge is 2.22. The molecule has 0 radical (unpaired) electrons. The van der Waals surface area contributed by atoms with Crippen LogP contribution in [0.15, 0.2) is 46.2 Å². The van der Waals surface area contributed by atoms with Gasteiger partial charge in [0.25, 0.3) is 0 Å². The summed E-state index contributed by atoms with van der Waals surface area (Å²) < 4.78 is 2.31. The fourth-order valence-electron chi connectivity index (χ4n) is 3.93. The first-order chi connectivity index (χ1) is 14.8. The van der Waals surface area contributed by atoms with Crippen molar-refractivity contribution in [2.45, 2.75) is 56.5 Å². The normalized spacial score (nSPS) is 13.5. The van der Waals surface area contributed by atoms with Crippen LogP contribution in [0.5, 0.6) is 0 Å². The van der Waals surface area contributed by atoms with Gasteiger partial charge in [-0.05, 0) is 37.7 Å². The lowest BCUT2D eigenvalue weighted by molar-refractivity contribution is 0.625. The molecule has 7 heteroatoms. The van der Waals surface area contributed by atoms with Gasteiger partial charge in [0.15, 0.2) is 11.0 Å². The predicted octanol–water partition coefficient (Wildman–Crippen LogP) is 6.71. The van der Waals surface area contributed by atoms with E-state index in [0.717, 1.165) is 40.4 Å². The molecule has 1 aromatic carbocycles. The van der Waals surface area contributed by atoms with Gasteiger partial charge in [-0.2, -0.15) is 0 Å². The quantitative estimate of drug-likeness (QED) is 0.292. The molecule has 4 nitrogen and oxygen atoms in total. The van der Waals surface area contributed by atoms with E-state index in [2.05, 4.69) is 56.7 Å². The average Bonchev–Trinajstić information content (AvgIpc) is 3.52.